The third kappa shape index (κ3) is 4.35. The summed E-state index contributed by atoms with van der Waals surface area (Å²) in [4.78, 5) is 14.8. The highest BCUT2D eigenvalue weighted by Crippen LogP contribution is 2.22. The Kier molecular flexibility index (Phi) is 5.71. The van der Waals surface area contributed by atoms with E-state index in [0.29, 0.717) is 12.4 Å². The van der Waals surface area contributed by atoms with Gasteiger partial charge in [0.2, 0.25) is 10.0 Å². The second kappa shape index (κ2) is 8.04. The zero-order valence-electron chi connectivity index (χ0n) is 15.6. The monoisotopic (exact) mass is 402 g/mol. The number of H-pyrrole nitrogens is 1. The van der Waals surface area contributed by atoms with Crippen molar-refractivity contribution in [2.75, 3.05) is 6.61 Å². The van der Waals surface area contributed by atoms with E-state index in [0.717, 1.165) is 22.0 Å². The largest absolute Gasteiger partial charge is 0.494 e. The minimum Gasteiger partial charge on any atom is -0.494 e. The first-order chi connectivity index (χ1) is 13.3. The fourth-order valence-electron chi connectivity index (χ4n) is 3.00. The maximum Gasteiger partial charge on any atom is 0.322 e. The molecule has 2 aromatic carbocycles. The molecule has 0 bridgehead atoms. The van der Waals surface area contributed by atoms with Crippen molar-refractivity contribution >= 4 is 26.9 Å². The minimum absolute atomic E-state index is 0.0167. The van der Waals surface area contributed by atoms with E-state index in [-0.39, 0.29) is 11.3 Å². The number of aromatic amines is 1. The Morgan fingerprint density at radius 1 is 1.21 bits per heavy atom. The van der Waals surface area contributed by atoms with Crippen molar-refractivity contribution in [2.24, 2.45) is 0 Å². The van der Waals surface area contributed by atoms with Crippen molar-refractivity contribution < 1.29 is 23.1 Å². The summed E-state index contributed by atoms with van der Waals surface area (Å²) in [6.07, 6.45) is 1.74. The van der Waals surface area contributed by atoms with Gasteiger partial charge in [-0.15, -0.1) is 0 Å². The first kappa shape index (κ1) is 19.9. The van der Waals surface area contributed by atoms with Crippen LogP contribution in [-0.2, 0) is 21.2 Å². The molecule has 28 heavy (non-hydrogen) atoms. The molecule has 3 rings (SSSR count). The lowest BCUT2D eigenvalue weighted by atomic mass is 10.0. The molecule has 0 aliphatic carbocycles. The van der Waals surface area contributed by atoms with Gasteiger partial charge in [-0.05, 0) is 55.8 Å². The normalized spacial score (nSPS) is 12.8. The zero-order valence-corrected chi connectivity index (χ0v) is 16.4. The molecule has 1 unspecified atom stereocenters. The molecule has 0 spiro atoms. The van der Waals surface area contributed by atoms with Crippen LogP contribution < -0.4 is 9.46 Å². The number of aryl methyl sites for hydroxylation is 1. The summed E-state index contributed by atoms with van der Waals surface area (Å²) in [5.74, 6) is -0.693. The van der Waals surface area contributed by atoms with Crippen LogP contribution in [0.3, 0.4) is 0 Å². The highest BCUT2D eigenvalue weighted by molar-refractivity contribution is 7.89. The van der Waals surface area contributed by atoms with E-state index in [4.69, 9.17) is 4.74 Å². The highest BCUT2D eigenvalue weighted by atomic mass is 32.2. The third-order valence-corrected chi connectivity index (χ3v) is 5.88. The van der Waals surface area contributed by atoms with Crippen molar-refractivity contribution in [3.05, 3.63) is 59.8 Å². The topological polar surface area (TPSA) is 108 Å². The first-order valence-electron chi connectivity index (χ1n) is 8.85. The molecule has 3 N–H and O–H groups in total. The Bertz CT molecular complexity index is 1090. The maximum atomic E-state index is 12.6. The van der Waals surface area contributed by atoms with Crippen molar-refractivity contribution in [1.29, 1.82) is 0 Å². The van der Waals surface area contributed by atoms with Crippen LogP contribution in [0.25, 0.3) is 10.9 Å². The van der Waals surface area contributed by atoms with E-state index in [1.165, 1.54) is 24.3 Å². The number of carboxylic acids is 1. The Morgan fingerprint density at radius 3 is 2.57 bits per heavy atom. The summed E-state index contributed by atoms with van der Waals surface area (Å²) in [6.45, 7) is 4.24. The average Bonchev–Trinajstić information content (AvgIpc) is 3.03. The molecule has 0 aliphatic rings. The number of fused-ring (bicyclic) bond motifs is 1. The molecular weight excluding hydrogens is 380 g/mol. The predicted molar refractivity (Wildman–Crippen MR) is 106 cm³/mol. The number of aliphatic carboxylic acids is 1. The van der Waals surface area contributed by atoms with Crippen molar-refractivity contribution in [2.45, 2.75) is 31.2 Å². The van der Waals surface area contributed by atoms with Gasteiger partial charge in [0.15, 0.2) is 0 Å². The average molecular weight is 402 g/mol. The molecule has 1 aromatic heterocycles. The van der Waals surface area contributed by atoms with Crippen LogP contribution in [0.15, 0.2) is 53.6 Å². The van der Waals surface area contributed by atoms with Crippen LogP contribution in [0.2, 0.25) is 0 Å². The molecule has 0 amide bonds. The lowest BCUT2D eigenvalue weighted by molar-refractivity contribution is -0.138. The third-order valence-electron chi connectivity index (χ3n) is 4.39. The van der Waals surface area contributed by atoms with Crippen LogP contribution in [-0.4, -0.2) is 37.1 Å². The van der Waals surface area contributed by atoms with E-state index in [2.05, 4.69) is 9.71 Å². The molecule has 0 saturated heterocycles. The van der Waals surface area contributed by atoms with Crippen molar-refractivity contribution in [1.82, 2.24) is 9.71 Å². The van der Waals surface area contributed by atoms with Gasteiger partial charge in [0.05, 0.1) is 11.5 Å². The molecule has 0 saturated carbocycles. The Morgan fingerprint density at radius 2 is 1.93 bits per heavy atom. The highest BCUT2D eigenvalue weighted by Gasteiger charge is 2.26. The van der Waals surface area contributed by atoms with Gasteiger partial charge < -0.3 is 14.8 Å². The van der Waals surface area contributed by atoms with Gasteiger partial charge in [0.1, 0.15) is 11.8 Å². The van der Waals surface area contributed by atoms with E-state index >= 15 is 0 Å². The summed E-state index contributed by atoms with van der Waals surface area (Å²) < 4.78 is 32.9. The molecule has 0 aliphatic heterocycles. The summed E-state index contributed by atoms with van der Waals surface area (Å²) >= 11 is 0. The number of sulfonamides is 1. The Hall–Kier alpha value is -2.84. The number of carbonyl (C=O) groups is 1. The molecule has 148 valence electrons. The van der Waals surface area contributed by atoms with Gasteiger partial charge in [-0.1, -0.05) is 11.6 Å². The quantitative estimate of drug-likeness (QED) is 0.537. The second-order valence-corrected chi connectivity index (χ2v) is 8.20. The molecule has 0 radical (unpaired) electrons. The molecule has 1 atom stereocenters. The molecular formula is C20H22N2O5S. The number of aromatic nitrogens is 1. The van der Waals surface area contributed by atoms with Crippen LogP contribution in [0.5, 0.6) is 5.75 Å². The Labute approximate surface area is 163 Å². The fourth-order valence-corrected chi connectivity index (χ4v) is 4.19. The standard InChI is InChI=1S/C20H22N2O5S/c1-3-27-15-5-7-16(8-6-15)28(25,26)22-19(20(23)24)11-14-12-21-18-9-4-13(2)10-17(14)18/h4-10,12,19,21-22H,3,11H2,1-2H3,(H,23,24). The molecule has 3 aromatic rings. The summed E-state index contributed by atoms with van der Waals surface area (Å²) in [7, 11) is -4.00. The van der Waals surface area contributed by atoms with Gasteiger partial charge in [-0.2, -0.15) is 4.72 Å². The Balaban J connectivity index is 1.83. The van der Waals surface area contributed by atoms with Crippen LogP contribution in [0.1, 0.15) is 18.1 Å². The molecule has 7 nitrogen and oxygen atoms in total. The van der Waals surface area contributed by atoms with E-state index in [9.17, 15) is 18.3 Å². The zero-order chi connectivity index (χ0) is 20.3. The number of ether oxygens (including phenoxy) is 1. The SMILES string of the molecule is CCOc1ccc(S(=O)(=O)NC(Cc2c[nH]c3ccc(C)cc23)C(=O)O)cc1. The smallest absolute Gasteiger partial charge is 0.322 e. The van der Waals surface area contributed by atoms with Crippen molar-refractivity contribution in [3.63, 3.8) is 0 Å². The van der Waals surface area contributed by atoms with Crippen LogP contribution >= 0.6 is 0 Å². The minimum atomic E-state index is -4.00. The maximum absolute atomic E-state index is 12.6. The lowest BCUT2D eigenvalue weighted by Crippen LogP contribution is -2.42. The van der Waals surface area contributed by atoms with E-state index in [1.54, 1.807) is 6.20 Å². The van der Waals surface area contributed by atoms with Gasteiger partial charge in [0.25, 0.3) is 0 Å². The van der Waals surface area contributed by atoms with Crippen LogP contribution in [0.4, 0.5) is 0 Å². The number of rotatable bonds is 8. The van der Waals surface area contributed by atoms with Gasteiger partial charge in [-0.25, -0.2) is 8.42 Å². The number of hydrogen-bond acceptors (Lipinski definition) is 4. The number of hydrogen-bond donors (Lipinski definition) is 3. The van der Waals surface area contributed by atoms with Crippen molar-refractivity contribution in [3.8, 4) is 5.75 Å². The summed E-state index contributed by atoms with van der Waals surface area (Å²) in [6, 6.07) is 10.4. The predicted octanol–water partition coefficient (Wildman–Crippen LogP) is 2.85. The number of carboxylic acid groups (broad SMARTS) is 1. The summed E-state index contributed by atoms with van der Waals surface area (Å²) in [5.41, 5.74) is 2.65. The number of benzene rings is 2. The number of nitrogens with one attached hydrogen (secondary N) is 2. The molecule has 0 fully saturated rings. The first-order valence-corrected chi connectivity index (χ1v) is 10.3. The van der Waals surface area contributed by atoms with E-state index < -0.39 is 22.0 Å². The second-order valence-electron chi connectivity index (χ2n) is 6.48. The van der Waals surface area contributed by atoms with E-state index in [1.807, 2.05) is 32.0 Å². The molecule has 1 heterocycles. The molecule has 8 heteroatoms. The van der Waals surface area contributed by atoms with Gasteiger partial charge in [0, 0.05) is 23.5 Å². The lowest BCUT2D eigenvalue weighted by Gasteiger charge is -2.15. The van der Waals surface area contributed by atoms with Crippen LogP contribution in [0, 0.1) is 6.92 Å². The van der Waals surface area contributed by atoms with Gasteiger partial charge >= 0.3 is 5.97 Å². The van der Waals surface area contributed by atoms with Gasteiger partial charge in [-0.3, -0.25) is 4.79 Å². The summed E-state index contributed by atoms with van der Waals surface area (Å²) in [5, 5.41) is 10.4. The fraction of sp³-hybridized carbons (Fsp3) is 0.250.